The van der Waals surface area contributed by atoms with E-state index in [0.29, 0.717) is 11.2 Å². The van der Waals surface area contributed by atoms with Gasteiger partial charge in [-0.3, -0.25) is 18.8 Å². The Kier molecular flexibility index (Phi) is 12.5. The average molecular weight is 808 g/mol. The Morgan fingerprint density at radius 2 is 1.78 bits per heavy atom. The van der Waals surface area contributed by atoms with Gasteiger partial charge in [-0.05, 0) is 30.9 Å². The van der Waals surface area contributed by atoms with E-state index in [9.17, 15) is 34.8 Å². The van der Waals surface area contributed by atoms with Crippen molar-refractivity contribution in [2.24, 2.45) is 40.6 Å². The van der Waals surface area contributed by atoms with Gasteiger partial charge in [-0.2, -0.15) is 5.10 Å². The predicted molar refractivity (Wildman–Crippen MR) is 225 cm³/mol. The third-order valence-corrected chi connectivity index (χ3v) is 11.9. The summed E-state index contributed by atoms with van der Waals surface area (Å²) in [4.78, 5) is 46.2. The van der Waals surface area contributed by atoms with E-state index in [-0.39, 0.29) is 51.2 Å². The van der Waals surface area contributed by atoms with Crippen LogP contribution in [0.2, 0.25) is 0 Å². The number of nitrogens with zero attached hydrogens (tertiary/aromatic N) is 4. The smallest absolute Gasteiger partial charge is 0.302 e. The molecule has 3 aliphatic rings. The van der Waals surface area contributed by atoms with Crippen LogP contribution in [0.15, 0.2) is 65.1 Å². The van der Waals surface area contributed by atoms with Gasteiger partial charge >= 0.3 is 5.97 Å². The second-order valence-corrected chi connectivity index (χ2v) is 16.1. The van der Waals surface area contributed by atoms with Gasteiger partial charge in [0, 0.05) is 86.7 Å². The number of esters is 1. The molecule has 2 unspecified atom stereocenters. The Balaban J connectivity index is 1.74. The number of rotatable bonds is 4. The summed E-state index contributed by atoms with van der Waals surface area (Å²) < 4.78 is 13.9. The summed E-state index contributed by atoms with van der Waals surface area (Å²) in [6, 6.07) is 3.54. The lowest BCUT2D eigenvalue weighted by Crippen LogP contribution is -2.50. The predicted octanol–water partition coefficient (Wildman–Crippen LogP) is 5.42. The van der Waals surface area contributed by atoms with Crippen LogP contribution >= 0.6 is 0 Å². The number of imidazole rings is 1. The van der Waals surface area contributed by atoms with Gasteiger partial charge < -0.3 is 40.2 Å². The van der Waals surface area contributed by atoms with E-state index in [1.165, 1.54) is 14.0 Å². The number of hydrogen-bond donors (Lipinski definition) is 5. The number of pyridine rings is 1. The fourth-order valence-corrected chi connectivity index (χ4v) is 8.61. The van der Waals surface area contributed by atoms with Crippen molar-refractivity contribution in [1.82, 2.24) is 14.4 Å². The summed E-state index contributed by atoms with van der Waals surface area (Å²) in [5.41, 5.74) is 1.74. The van der Waals surface area contributed by atoms with Crippen LogP contribution in [0.25, 0.3) is 22.3 Å². The first kappa shape index (κ1) is 42.8. The van der Waals surface area contributed by atoms with Gasteiger partial charge in [-0.15, -0.1) is 0 Å². The number of carbonyl (C=O) groups is 3. The molecule has 0 spiro atoms. The normalized spacial score (nSPS) is 31.1. The SMILES string of the molecule is CO[C@H]1/C=C/CC(O)=C2c3c4c(O)c(c5c3nc3ccc(/C=N/N(C)C)cn35)NC(=O)/C(C)=C\C=C\[C@H](C)[C@H](O)[C@@H](C)[C@@H](O)[C@@H](C)[C@H](OC(C)=O)[C@H]1C(C)C2C#CC4=O. The minimum Gasteiger partial charge on any atom is -0.512 e. The molecule has 312 valence electrons. The van der Waals surface area contributed by atoms with Crippen molar-refractivity contribution < 1.29 is 44.3 Å². The molecule has 0 saturated heterocycles. The molecule has 1 aliphatic heterocycles. The van der Waals surface area contributed by atoms with Crippen LogP contribution < -0.4 is 5.32 Å². The van der Waals surface area contributed by atoms with E-state index < -0.39 is 83.3 Å². The second-order valence-electron chi connectivity index (χ2n) is 16.1. The lowest BCUT2D eigenvalue weighted by Gasteiger charge is -2.42. The van der Waals surface area contributed by atoms with Gasteiger partial charge in [0.05, 0.1) is 36.0 Å². The molecular weight excluding hydrogens is 755 g/mol. The van der Waals surface area contributed by atoms with Crippen molar-refractivity contribution in [3.05, 3.63) is 76.7 Å². The van der Waals surface area contributed by atoms with Crippen LogP contribution in [0.1, 0.15) is 69.4 Å². The average Bonchev–Trinajstić information content (AvgIpc) is 3.51. The molecule has 0 saturated carbocycles. The molecule has 1 aromatic carbocycles. The number of carbonyl (C=O) groups excluding carboxylic acids is 3. The fraction of sp³-hybridized carbons (Fsp3) is 0.444. The highest BCUT2D eigenvalue weighted by molar-refractivity contribution is 6.22. The number of hydrogen-bond acceptors (Lipinski definition) is 12. The number of aromatic hydroxyl groups is 1. The highest BCUT2D eigenvalue weighted by Crippen LogP contribution is 2.50. The maximum Gasteiger partial charge on any atom is 0.302 e. The first-order chi connectivity index (χ1) is 28.0. The van der Waals surface area contributed by atoms with Gasteiger partial charge in [-0.25, -0.2) is 4.98 Å². The number of Topliss-reactive ketones (excluding diaryl/α,β-unsaturated/α-hetero) is 1. The number of nitrogens with one attached hydrogen (secondary N) is 1. The maximum absolute atomic E-state index is 14.3. The van der Waals surface area contributed by atoms with Gasteiger partial charge in [-0.1, -0.05) is 64.0 Å². The van der Waals surface area contributed by atoms with E-state index >= 15 is 0 Å². The van der Waals surface area contributed by atoms with Crippen molar-refractivity contribution in [3.8, 4) is 17.6 Å². The van der Waals surface area contributed by atoms with E-state index in [1.807, 2.05) is 6.92 Å². The summed E-state index contributed by atoms with van der Waals surface area (Å²) >= 11 is 0. The molecule has 14 nitrogen and oxygen atoms in total. The standard InChI is InChI=1S/C45H53N5O9/c1-22-12-10-13-23(2)45(57)48-39-40-38(47-33-19-16-28(21-50(33)40)20-46-49(7)8)37-35-29(17-18-31(53)36(37)43(39)56)24(3)34(32(58-9)15-11-14-30(35)52)44(59-27(6)51)26(5)42(55)25(4)41(22)54/h10-13,15-16,19-22,24-26,29,32,34,41-42,44,52,54-56H,14H2,1-9H3,(H,48,57)/b12-10+,15-11+,23-13-,35-30?,46-20+/t22-,24?,25+,26+,29?,32-,34-,41-,42+,44-/m0/s1. The highest BCUT2D eigenvalue weighted by Gasteiger charge is 2.47. The van der Waals surface area contributed by atoms with Crippen molar-refractivity contribution in [3.63, 3.8) is 0 Å². The molecule has 2 aromatic heterocycles. The Morgan fingerprint density at radius 1 is 1.05 bits per heavy atom. The molecule has 3 heterocycles. The quantitative estimate of drug-likeness (QED) is 0.0430. The second kappa shape index (κ2) is 17.2. The third kappa shape index (κ3) is 8.15. The van der Waals surface area contributed by atoms with Crippen LogP contribution in [0, 0.1) is 47.3 Å². The summed E-state index contributed by atoms with van der Waals surface area (Å²) in [5, 5.41) is 56.8. The number of aliphatic hydroxyl groups is 3. The number of benzene rings is 1. The zero-order chi connectivity index (χ0) is 43.0. The largest absolute Gasteiger partial charge is 0.512 e. The van der Waals surface area contributed by atoms with Gasteiger partial charge in [0.25, 0.3) is 5.91 Å². The number of amides is 1. The molecule has 10 atom stereocenters. The Morgan fingerprint density at radius 3 is 2.46 bits per heavy atom. The van der Waals surface area contributed by atoms with Crippen LogP contribution in [0.3, 0.4) is 0 Å². The molecule has 0 radical (unpaired) electrons. The highest BCUT2D eigenvalue weighted by atomic mass is 16.5. The number of phenolic OH excluding ortho intramolecular Hbond substituents is 1. The number of ketones is 1. The van der Waals surface area contributed by atoms with E-state index in [0.717, 1.165) is 0 Å². The molecule has 2 aliphatic carbocycles. The fourth-order valence-electron chi connectivity index (χ4n) is 8.61. The Bertz CT molecular complexity index is 2400. The number of methoxy groups -OCH3 is 1. The topological polar surface area (TPSA) is 196 Å². The van der Waals surface area contributed by atoms with Crippen molar-refractivity contribution in [2.45, 2.75) is 72.4 Å². The van der Waals surface area contributed by atoms with Crippen molar-refractivity contribution in [2.75, 3.05) is 26.5 Å². The molecule has 3 aromatic rings. The van der Waals surface area contributed by atoms with Crippen LogP contribution in [0.4, 0.5) is 5.69 Å². The lowest BCUT2D eigenvalue weighted by atomic mass is 9.68. The minimum absolute atomic E-state index is 0.0335. The van der Waals surface area contributed by atoms with Gasteiger partial charge in [0.15, 0.2) is 5.75 Å². The molecule has 1 amide bonds. The first-order valence-electron chi connectivity index (χ1n) is 19.8. The number of aromatic nitrogens is 2. The number of anilines is 1. The third-order valence-electron chi connectivity index (χ3n) is 11.9. The number of aliphatic hydroxyl groups excluding tert-OH is 3. The van der Waals surface area contributed by atoms with Gasteiger partial charge in [0.2, 0.25) is 5.78 Å². The molecule has 5 N–H and O–H groups in total. The van der Waals surface area contributed by atoms with Crippen LogP contribution in [-0.4, -0.2) is 104 Å². The number of phenols is 1. The summed E-state index contributed by atoms with van der Waals surface area (Å²) in [6.07, 6.45) is 7.73. The van der Waals surface area contributed by atoms with E-state index in [4.69, 9.17) is 14.5 Å². The molecule has 14 heteroatoms. The van der Waals surface area contributed by atoms with Crippen LogP contribution in [-0.2, 0) is 19.1 Å². The number of ether oxygens (including phenoxy) is 2. The van der Waals surface area contributed by atoms with Crippen molar-refractivity contribution >= 4 is 51.8 Å². The number of hydrazone groups is 1. The molecule has 0 fully saturated rings. The lowest BCUT2D eigenvalue weighted by molar-refractivity contribution is -0.165. The monoisotopic (exact) mass is 807 g/mol. The number of fused-ring (bicyclic) bond motifs is 6. The summed E-state index contributed by atoms with van der Waals surface area (Å²) in [6.45, 7) is 9.97. The molecule has 6 rings (SSSR count). The summed E-state index contributed by atoms with van der Waals surface area (Å²) in [5.74, 6) is -1.19. The Labute approximate surface area is 343 Å². The van der Waals surface area contributed by atoms with Crippen LogP contribution in [0.5, 0.6) is 5.75 Å². The summed E-state index contributed by atoms with van der Waals surface area (Å²) in [7, 11) is 5.07. The molecule has 6 bridgehead atoms. The van der Waals surface area contributed by atoms with E-state index in [2.05, 4.69) is 22.3 Å². The molecule has 59 heavy (non-hydrogen) atoms. The van der Waals surface area contributed by atoms with Crippen molar-refractivity contribution in [1.29, 1.82) is 0 Å². The molecular formula is C45H53N5O9. The number of allylic oxidation sites excluding steroid dienone is 4. The Hall–Kier alpha value is -5.75. The first-order valence-corrected chi connectivity index (χ1v) is 19.8. The maximum atomic E-state index is 14.3. The zero-order valence-electron chi connectivity index (χ0n) is 34.8. The van der Waals surface area contributed by atoms with Gasteiger partial charge in [0.1, 0.15) is 34.2 Å². The van der Waals surface area contributed by atoms with E-state index in [1.54, 1.807) is 106 Å². The minimum atomic E-state index is -1.19. The zero-order valence-corrected chi connectivity index (χ0v) is 34.8.